The number of nitrogens with one attached hydrogen (secondary N) is 1. The zero-order valence-electron chi connectivity index (χ0n) is 13.6. The highest BCUT2D eigenvalue weighted by Gasteiger charge is 2.35. The van der Waals surface area contributed by atoms with E-state index in [4.69, 9.17) is 4.74 Å². The fraction of sp³-hybridized carbons (Fsp3) is 0.529. The zero-order chi connectivity index (χ0) is 16.4. The lowest BCUT2D eigenvalue weighted by Gasteiger charge is -2.41. The van der Waals surface area contributed by atoms with E-state index in [1.807, 2.05) is 16.7 Å². The Balaban J connectivity index is 1.80. The summed E-state index contributed by atoms with van der Waals surface area (Å²) >= 11 is 1.98. The molecule has 3 rings (SSSR count). The minimum absolute atomic E-state index is 0.0269. The lowest BCUT2D eigenvalue weighted by molar-refractivity contribution is -0.118. The van der Waals surface area contributed by atoms with E-state index in [1.165, 1.54) is 0 Å². The molecule has 0 aliphatic carbocycles. The molecule has 2 amide bonds. The predicted octanol–water partition coefficient (Wildman–Crippen LogP) is 2.77. The van der Waals surface area contributed by atoms with Crippen LogP contribution < -0.4 is 10.1 Å². The highest BCUT2D eigenvalue weighted by atomic mass is 32.2. The molecule has 23 heavy (non-hydrogen) atoms. The van der Waals surface area contributed by atoms with Crippen LogP contribution in [0.5, 0.6) is 5.75 Å². The Morgan fingerprint density at radius 3 is 2.91 bits per heavy atom. The molecule has 1 fully saturated rings. The highest BCUT2D eigenvalue weighted by molar-refractivity contribution is 8.00. The van der Waals surface area contributed by atoms with Crippen molar-refractivity contribution in [1.82, 2.24) is 4.90 Å². The normalized spacial score (nSPS) is 19.6. The summed E-state index contributed by atoms with van der Waals surface area (Å²) in [5.74, 6) is 1.43. The molecule has 0 atom stereocenters. The van der Waals surface area contributed by atoms with Crippen LogP contribution in [0.1, 0.15) is 37.0 Å². The zero-order valence-corrected chi connectivity index (χ0v) is 14.4. The van der Waals surface area contributed by atoms with Crippen molar-refractivity contribution in [3.8, 4) is 5.75 Å². The Kier molecular flexibility index (Phi) is 4.53. The molecular weight excluding hydrogens is 312 g/mol. The summed E-state index contributed by atoms with van der Waals surface area (Å²) in [7, 11) is 0. The topological polar surface area (TPSA) is 58.6 Å². The number of carbonyl (C=O) groups excluding carboxylic acids is 2. The molecule has 1 aromatic carbocycles. The van der Waals surface area contributed by atoms with Gasteiger partial charge in [0.2, 0.25) is 0 Å². The number of hydrogen-bond acceptors (Lipinski definition) is 4. The Morgan fingerprint density at radius 1 is 1.39 bits per heavy atom. The van der Waals surface area contributed by atoms with Crippen molar-refractivity contribution in [2.45, 2.75) is 31.4 Å². The largest absolute Gasteiger partial charge is 0.482 e. The third kappa shape index (κ3) is 3.17. The van der Waals surface area contributed by atoms with Crippen molar-refractivity contribution in [2.75, 3.05) is 30.8 Å². The second kappa shape index (κ2) is 6.43. The summed E-state index contributed by atoms with van der Waals surface area (Å²) in [5.41, 5.74) is 1.18. The van der Waals surface area contributed by atoms with Gasteiger partial charge in [-0.3, -0.25) is 9.59 Å². The fourth-order valence-corrected chi connectivity index (χ4v) is 4.49. The third-order valence-electron chi connectivity index (χ3n) is 4.68. The maximum atomic E-state index is 12.8. The molecule has 0 aromatic heterocycles. The van der Waals surface area contributed by atoms with Crippen molar-refractivity contribution in [1.29, 1.82) is 0 Å². The van der Waals surface area contributed by atoms with Gasteiger partial charge < -0.3 is 15.0 Å². The van der Waals surface area contributed by atoms with Crippen molar-refractivity contribution in [2.24, 2.45) is 0 Å². The Labute approximate surface area is 140 Å². The second-order valence-electron chi connectivity index (χ2n) is 6.01. The minimum Gasteiger partial charge on any atom is -0.482 e. The molecule has 0 spiro atoms. The summed E-state index contributed by atoms with van der Waals surface area (Å²) < 4.78 is 5.51. The lowest BCUT2D eigenvalue weighted by atomic mass is 10.0. The third-order valence-corrected chi connectivity index (χ3v) is 6.39. The van der Waals surface area contributed by atoms with E-state index in [0.717, 1.165) is 31.7 Å². The molecule has 2 aliphatic rings. The van der Waals surface area contributed by atoms with Crippen LogP contribution in [0.15, 0.2) is 18.2 Å². The maximum Gasteiger partial charge on any atom is 0.262 e. The molecule has 5 nitrogen and oxygen atoms in total. The number of carbonyl (C=O) groups is 2. The SMILES string of the molecule is CCC1(CC)CN(C(=O)c2ccc3c(c2)NC(=O)CO3)CCS1. The van der Waals surface area contributed by atoms with Crippen LogP contribution in [-0.2, 0) is 4.79 Å². The van der Waals surface area contributed by atoms with Crippen LogP contribution >= 0.6 is 11.8 Å². The van der Waals surface area contributed by atoms with Crippen molar-refractivity contribution < 1.29 is 14.3 Å². The first kappa shape index (κ1) is 16.2. The first-order chi connectivity index (χ1) is 11.1. The van der Waals surface area contributed by atoms with Crippen molar-refractivity contribution >= 4 is 29.3 Å². The van der Waals surface area contributed by atoms with Gasteiger partial charge in [0.15, 0.2) is 6.61 Å². The number of amides is 2. The number of anilines is 1. The van der Waals surface area contributed by atoms with Gasteiger partial charge in [0, 0.05) is 29.2 Å². The molecule has 124 valence electrons. The summed E-state index contributed by atoms with van der Waals surface area (Å²) in [4.78, 5) is 26.2. The molecule has 0 saturated carbocycles. The molecule has 6 heteroatoms. The molecule has 1 aromatic rings. The van der Waals surface area contributed by atoms with Gasteiger partial charge in [-0.15, -0.1) is 0 Å². The van der Waals surface area contributed by atoms with Crippen molar-refractivity contribution in [3.63, 3.8) is 0 Å². The molecule has 0 radical (unpaired) electrons. The Hall–Kier alpha value is -1.69. The van der Waals surface area contributed by atoms with E-state index in [1.54, 1.807) is 18.2 Å². The number of benzene rings is 1. The Morgan fingerprint density at radius 2 is 2.17 bits per heavy atom. The predicted molar refractivity (Wildman–Crippen MR) is 92.2 cm³/mol. The Bertz CT molecular complexity index is 628. The minimum atomic E-state index is -0.188. The number of ether oxygens (including phenoxy) is 1. The van der Waals surface area contributed by atoms with Crippen LogP contribution in [0.3, 0.4) is 0 Å². The standard InChI is InChI=1S/C17H22N2O3S/c1-3-17(4-2)11-19(7-8-23-17)16(21)12-5-6-14-13(9-12)18-15(20)10-22-14/h5-6,9H,3-4,7-8,10-11H2,1-2H3,(H,18,20). The lowest BCUT2D eigenvalue weighted by Crippen LogP contribution is -2.48. The number of rotatable bonds is 3. The van der Waals surface area contributed by atoms with Crippen LogP contribution in [0.4, 0.5) is 5.69 Å². The summed E-state index contributed by atoms with van der Waals surface area (Å²) in [6.07, 6.45) is 2.12. The summed E-state index contributed by atoms with van der Waals surface area (Å²) in [5, 5.41) is 2.76. The summed E-state index contributed by atoms with van der Waals surface area (Å²) in [6.45, 7) is 5.96. The van der Waals surface area contributed by atoms with E-state index in [9.17, 15) is 9.59 Å². The van der Waals surface area contributed by atoms with E-state index >= 15 is 0 Å². The monoisotopic (exact) mass is 334 g/mol. The van der Waals surface area contributed by atoms with E-state index in [2.05, 4.69) is 19.2 Å². The van der Waals surface area contributed by atoms with Crippen LogP contribution in [0.2, 0.25) is 0 Å². The number of nitrogens with zero attached hydrogens (tertiary/aromatic N) is 1. The van der Waals surface area contributed by atoms with Gasteiger partial charge in [-0.05, 0) is 31.0 Å². The fourth-order valence-electron chi connectivity index (χ4n) is 3.09. The summed E-state index contributed by atoms with van der Waals surface area (Å²) in [6, 6.07) is 5.25. The highest BCUT2D eigenvalue weighted by Crippen LogP contribution is 2.37. The van der Waals surface area contributed by atoms with E-state index < -0.39 is 0 Å². The number of thioether (sulfide) groups is 1. The molecule has 1 N–H and O–H groups in total. The van der Waals surface area contributed by atoms with Crippen molar-refractivity contribution in [3.05, 3.63) is 23.8 Å². The smallest absolute Gasteiger partial charge is 0.262 e. The molecule has 2 heterocycles. The van der Waals surface area contributed by atoms with Gasteiger partial charge in [-0.2, -0.15) is 11.8 Å². The van der Waals surface area contributed by atoms with Gasteiger partial charge in [0.05, 0.1) is 5.69 Å². The van der Waals surface area contributed by atoms with Gasteiger partial charge in [-0.1, -0.05) is 13.8 Å². The molecular formula is C17H22N2O3S. The van der Waals surface area contributed by atoms with Gasteiger partial charge in [-0.25, -0.2) is 0 Å². The average Bonchev–Trinajstić information content (AvgIpc) is 2.60. The second-order valence-corrected chi connectivity index (χ2v) is 7.58. The molecule has 1 saturated heterocycles. The maximum absolute atomic E-state index is 12.8. The van der Waals surface area contributed by atoms with Gasteiger partial charge in [0.25, 0.3) is 11.8 Å². The van der Waals surface area contributed by atoms with E-state index in [0.29, 0.717) is 17.0 Å². The van der Waals surface area contributed by atoms with Crippen LogP contribution in [-0.4, -0.2) is 46.9 Å². The van der Waals surface area contributed by atoms with Gasteiger partial charge in [0.1, 0.15) is 5.75 Å². The first-order valence-electron chi connectivity index (χ1n) is 8.07. The van der Waals surface area contributed by atoms with Gasteiger partial charge >= 0.3 is 0 Å². The molecule has 0 unspecified atom stereocenters. The number of hydrogen-bond donors (Lipinski definition) is 1. The quantitative estimate of drug-likeness (QED) is 0.923. The first-order valence-corrected chi connectivity index (χ1v) is 9.05. The van der Waals surface area contributed by atoms with Crippen LogP contribution in [0, 0.1) is 0 Å². The van der Waals surface area contributed by atoms with E-state index in [-0.39, 0.29) is 23.2 Å². The van der Waals surface area contributed by atoms with Crippen LogP contribution in [0.25, 0.3) is 0 Å². The molecule has 0 bridgehead atoms. The molecule has 2 aliphatic heterocycles. The number of fused-ring (bicyclic) bond motifs is 1. The average molecular weight is 334 g/mol.